The van der Waals surface area contributed by atoms with E-state index >= 15 is 0 Å². The molecule has 1 heterocycles. The zero-order valence-electron chi connectivity index (χ0n) is 13.2. The van der Waals surface area contributed by atoms with Gasteiger partial charge in [0, 0.05) is 5.56 Å². The number of hydrogen-bond acceptors (Lipinski definition) is 4. The molecular weight excluding hydrogens is 296 g/mol. The van der Waals surface area contributed by atoms with E-state index in [1.807, 2.05) is 37.3 Å². The second kappa shape index (κ2) is 7.09. The van der Waals surface area contributed by atoms with Crippen LogP contribution < -0.4 is 5.32 Å². The molecule has 0 radical (unpaired) electrons. The minimum Gasteiger partial charge on any atom is -0.480 e. The maximum absolute atomic E-state index is 12.1. The van der Waals surface area contributed by atoms with Crippen LogP contribution in [0.4, 0.5) is 0 Å². The summed E-state index contributed by atoms with van der Waals surface area (Å²) in [7, 11) is 0. The van der Waals surface area contributed by atoms with Crippen molar-refractivity contribution in [3.63, 3.8) is 0 Å². The van der Waals surface area contributed by atoms with E-state index in [-0.39, 0.29) is 6.42 Å². The number of amides is 1. The van der Waals surface area contributed by atoms with Crippen LogP contribution >= 0.6 is 0 Å². The molecule has 1 atom stereocenters. The molecule has 6 nitrogen and oxygen atoms in total. The molecule has 0 bridgehead atoms. The highest BCUT2D eigenvalue weighted by molar-refractivity contribution is 5.87. The molecule has 0 aliphatic rings. The maximum atomic E-state index is 12.1. The van der Waals surface area contributed by atoms with E-state index in [1.54, 1.807) is 0 Å². The summed E-state index contributed by atoms with van der Waals surface area (Å²) in [5, 5.41) is 11.9. The van der Waals surface area contributed by atoms with Crippen molar-refractivity contribution in [2.45, 2.75) is 38.6 Å². The zero-order chi connectivity index (χ0) is 16.9. The third-order valence-corrected chi connectivity index (χ3v) is 3.55. The topological polar surface area (TPSA) is 92.4 Å². The number of carboxylic acid groups (broad SMARTS) is 1. The molecule has 2 N–H and O–H groups in total. The van der Waals surface area contributed by atoms with Crippen molar-refractivity contribution >= 4 is 11.9 Å². The highest BCUT2D eigenvalue weighted by Gasteiger charge is 2.33. The Hall–Kier alpha value is -2.63. The second-order valence-electron chi connectivity index (χ2n) is 5.62. The average molecular weight is 316 g/mol. The molecule has 0 saturated heterocycles. The van der Waals surface area contributed by atoms with Crippen LogP contribution in [0.3, 0.4) is 0 Å². The summed E-state index contributed by atoms with van der Waals surface area (Å²) in [6.45, 7) is 3.38. The van der Waals surface area contributed by atoms with Gasteiger partial charge in [-0.15, -0.1) is 0 Å². The van der Waals surface area contributed by atoms with Crippen molar-refractivity contribution in [1.29, 1.82) is 0 Å². The van der Waals surface area contributed by atoms with Crippen LogP contribution in [-0.4, -0.2) is 27.5 Å². The van der Waals surface area contributed by atoms with E-state index in [4.69, 9.17) is 4.42 Å². The number of rotatable bonds is 7. The van der Waals surface area contributed by atoms with Gasteiger partial charge in [0.2, 0.25) is 11.8 Å². The Bertz CT molecular complexity index is 681. The molecule has 23 heavy (non-hydrogen) atoms. The first-order chi connectivity index (χ1) is 10.9. The van der Waals surface area contributed by atoms with Crippen molar-refractivity contribution < 1.29 is 19.1 Å². The lowest BCUT2D eigenvalue weighted by Crippen LogP contribution is -2.52. The van der Waals surface area contributed by atoms with Gasteiger partial charge in [-0.1, -0.05) is 31.5 Å². The predicted octanol–water partition coefficient (Wildman–Crippen LogP) is 2.64. The van der Waals surface area contributed by atoms with Gasteiger partial charge in [0.15, 0.2) is 0 Å². The van der Waals surface area contributed by atoms with Crippen LogP contribution in [0.15, 0.2) is 41.0 Å². The number of aromatic nitrogens is 1. The van der Waals surface area contributed by atoms with E-state index in [0.717, 1.165) is 5.56 Å². The Kier molecular flexibility index (Phi) is 5.16. The Morgan fingerprint density at radius 2 is 2.00 bits per heavy atom. The molecule has 0 saturated carbocycles. The van der Waals surface area contributed by atoms with Gasteiger partial charge in [0.1, 0.15) is 11.8 Å². The summed E-state index contributed by atoms with van der Waals surface area (Å²) < 4.78 is 5.37. The van der Waals surface area contributed by atoms with Crippen LogP contribution in [0.25, 0.3) is 11.5 Å². The van der Waals surface area contributed by atoms with Gasteiger partial charge in [0.05, 0.1) is 12.1 Å². The summed E-state index contributed by atoms with van der Waals surface area (Å²) in [4.78, 5) is 27.7. The van der Waals surface area contributed by atoms with Crippen molar-refractivity contribution in [3.05, 3.63) is 42.3 Å². The largest absolute Gasteiger partial charge is 0.480 e. The molecule has 0 aliphatic heterocycles. The first-order valence-corrected chi connectivity index (χ1v) is 7.49. The molecule has 1 aromatic heterocycles. The van der Waals surface area contributed by atoms with Crippen LogP contribution in [0.1, 0.15) is 32.4 Å². The normalized spacial score (nSPS) is 13.3. The van der Waals surface area contributed by atoms with E-state index in [0.29, 0.717) is 24.4 Å². The van der Waals surface area contributed by atoms with Crippen LogP contribution in [0.2, 0.25) is 0 Å². The summed E-state index contributed by atoms with van der Waals surface area (Å²) >= 11 is 0. The minimum atomic E-state index is -1.27. The number of carbonyl (C=O) groups excluding carboxylic acids is 1. The van der Waals surface area contributed by atoms with E-state index in [1.165, 1.54) is 13.2 Å². The van der Waals surface area contributed by atoms with Crippen LogP contribution in [-0.2, 0) is 16.0 Å². The van der Waals surface area contributed by atoms with Gasteiger partial charge in [-0.05, 0) is 25.5 Å². The molecule has 1 amide bonds. The summed E-state index contributed by atoms with van der Waals surface area (Å²) in [6.07, 6.45) is 2.41. The second-order valence-corrected chi connectivity index (χ2v) is 5.62. The van der Waals surface area contributed by atoms with Gasteiger partial charge in [0.25, 0.3) is 0 Å². The fourth-order valence-corrected chi connectivity index (χ4v) is 2.34. The molecule has 2 rings (SSSR count). The fourth-order valence-electron chi connectivity index (χ4n) is 2.34. The number of nitrogens with one attached hydrogen (secondary N) is 1. The van der Waals surface area contributed by atoms with Gasteiger partial charge >= 0.3 is 5.97 Å². The number of nitrogens with zero attached hydrogens (tertiary/aromatic N) is 1. The molecular formula is C17H20N2O4. The highest BCUT2D eigenvalue weighted by atomic mass is 16.4. The van der Waals surface area contributed by atoms with E-state index in [9.17, 15) is 14.7 Å². The zero-order valence-corrected chi connectivity index (χ0v) is 13.2. The Labute approximate surface area is 134 Å². The summed E-state index contributed by atoms with van der Waals surface area (Å²) in [5.74, 6) is -1.00. The van der Waals surface area contributed by atoms with Gasteiger partial charge < -0.3 is 14.8 Å². The standard InChI is InChI=1S/C17H20N2O4/c1-3-9-17(2,16(21)22)19-14(20)10-13-11-23-15(18-13)12-7-5-4-6-8-12/h4-8,11H,3,9-10H2,1-2H3,(H,19,20)(H,21,22)/t17-/m1/s1. The Balaban J connectivity index is 2.04. The number of carboxylic acids is 1. The molecule has 0 fully saturated rings. The molecule has 0 unspecified atom stereocenters. The van der Waals surface area contributed by atoms with Crippen molar-refractivity contribution in [3.8, 4) is 11.5 Å². The monoisotopic (exact) mass is 316 g/mol. The minimum absolute atomic E-state index is 0.0249. The molecule has 1 aromatic carbocycles. The first-order valence-electron chi connectivity index (χ1n) is 7.49. The number of carbonyl (C=O) groups is 2. The number of benzene rings is 1. The van der Waals surface area contributed by atoms with Gasteiger partial charge in [-0.2, -0.15) is 0 Å². The average Bonchev–Trinajstić information content (AvgIpc) is 2.96. The first kappa shape index (κ1) is 16.7. The number of oxazole rings is 1. The summed E-state index contributed by atoms with van der Waals surface area (Å²) in [5.41, 5.74) is 0.0174. The smallest absolute Gasteiger partial charge is 0.329 e. The lowest BCUT2D eigenvalue weighted by Gasteiger charge is -2.25. The van der Waals surface area contributed by atoms with Crippen LogP contribution in [0.5, 0.6) is 0 Å². The predicted molar refractivity (Wildman–Crippen MR) is 84.7 cm³/mol. The van der Waals surface area contributed by atoms with Gasteiger partial charge in [-0.25, -0.2) is 9.78 Å². The lowest BCUT2D eigenvalue weighted by atomic mass is 9.96. The third-order valence-electron chi connectivity index (χ3n) is 3.55. The molecule has 6 heteroatoms. The lowest BCUT2D eigenvalue weighted by molar-refractivity contribution is -0.147. The Morgan fingerprint density at radius 3 is 2.61 bits per heavy atom. The SMILES string of the molecule is CCC[C@@](C)(NC(=O)Cc1coc(-c2ccccc2)n1)C(=O)O. The molecule has 0 spiro atoms. The molecule has 0 aliphatic carbocycles. The quantitative estimate of drug-likeness (QED) is 0.819. The van der Waals surface area contributed by atoms with Gasteiger partial charge in [-0.3, -0.25) is 4.79 Å². The van der Waals surface area contributed by atoms with E-state index < -0.39 is 17.4 Å². The molecule has 2 aromatic rings. The molecule has 122 valence electrons. The van der Waals surface area contributed by atoms with Crippen molar-refractivity contribution in [2.24, 2.45) is 0 Å². The van der Waals surface area contributed by atoms with Crippen LogP contribution in [0, 0.1) is 0 Å². The highest BCUT2D eigenvalue weighted by Crippen LogP contribution is 2.18. The Morgan fingerprint density at radius 1 is 1.30 bits per heavy atom. The van der Waals surface area contributed by atoms with Crippen molar-refractivity contribution in [2.75, 3.05) is 0 Å². The number of aliphatic carboxylic acids is 1. The third kappa shape index (κ3) is 4.18. The van der Waals surface area contributed by atoms with Crippen molar-refractivity contribution in [1.82, 2.24) is 10.3 Å². The number of hydrogen-bond donors (Lipinski definition) is 2. The van der Waals surface area contributed by atoms with E-state index in [2.05, 4.69) is 10.3 Å². The fraction of sp³-hybridized carbons (Fsp3) is 0.353. The maximum Gasteiger partial charge on any atom is 0.329 e. The summed E-state index contributed by atoms with van der Waals surface area (Å²) in [6, 6.07) is 9.35.